The zero-order valence-electron chi connectivity index (χ0n) is 15.9. The second-order valence-electron chi connectivity index (χ2n) is 7.24. The minimum absolute atomic E-state index is 0.0338. The number of fused-ring (bicyclic) bond motifs is 1. The number of halogens is 1. The van der Waals surface area contributed by atoms with E-state index in [4.69, 9.17) is 0 Å². The van der Waals surface area contributed by atoms with Gasteiger partial charge in [0.2, 0.25) is 0 Å². The van der Waals surface area contributed by atoms with Crippen molar-refractivity contribution in [3.63, 3.8) is 0 Å². The highest BCUT2D eigenvalue weighted by Gasteiger charge is 2.17. The maximum absolute atomic E-state index is 14.6. The number of aromatic nitrogens is 3. The third-order valence-electron chi connectivity index (χ3n) is 5.19. The lowest BCUT2D eigenvalue weighted by Crippen LogP contribution is -2.26. The van der Waals surface area contributed by atoms with Crippen molar-refractivity contribution < 1.29 is 9.18 Å². The predicted octanol–water partition coefficient (Wildman–Crippen LogP) is 4.05. The van der Waals surface area contributed by atoms with Crippen molar-refractivity contribution >= 4 is 5.91 Å². The lowest BCUT2D eigenvalue weighted by atomic mass is 10.0. The number of hydrogen-bond acceptors (Lipinski definition) is 3. The molecule has 0 aliphatic carbocycles. The second-order valence-corrected chi connectivity index (χ2v) is 7.24. The van der Waals surface area contributed by atoms with E-state index in [1.54, 1.807) is 6.07 Å². The molecule has 0 unspecified atom stereocenters. The van der Waals surface area contributed by atoms with E-state index >= 15 is 0 Å². The van der Waals surface area contributed by atoms with Crippen LogP contribution >= 0.6 is 0 Å². The fourth-order valence-electron chi connectivity index (χ4n) is 3.56. The number of carbonyl (C=O) groups excluding carboxylic acids is 1. The Labute approximate surface area is 163 Å². The molecule has 5 nitrogen and oxygen atoms in total. The van der Waals surface area contributed by atoms with Crippen LogP contribution in [-0.2, 0) is 19.5 Å². The largest absolute Gasteiger partial charge is 0.345 e. The standard InChI is InChI=1S/C22H23FN4O/c1-15-6-8-16(9-7-15)17-10-11-18(19(23)13-17)22(28)24-14-21-26-25-20-5-3-2-4-12-27(20)21/h6-11,13H,2-5,12,14H2,1H3,(H,24,28). The summed E-state index contributed by atoms with van der Waals surface area (Å²) >= 11 is 0. The van der Waals surface area contributed by atoms with Gasteiger partial charge in [-0.25, -0.2) is 4.39 Å². The van der Waals surface area contributed by atoms with Crippen molar-refractivity contribution in [1.29, 1.82) is 0 Å². The van der Waals surface area contributed by atoms with Gasteiger partial charge in [-0.05, 0) is 43.0 Å². The molecule has 28 heavy (non-hydrogen) atoms. The summed E-state index contributed by atoms with van der Waals surface area (Å²) in [7, 11) is 0. The van der Waals surface area contributed by atoms with Gasteiger partial charge >= 0.3 is 0 Å². The molecule has 1 amide bonds. The van der Waals surface area contributed by atoms with Gasteiger partial charge in [-0.2, -0.15) is 0 Å². The van der Waals surface area contributed by atoms with Gasteiger partial charge in [-0.3, -0.25) is 4.79 Å². The van der Waals surface area contributed by atoms with E-state index in [0.717, 1.165) is 54.1 Å². The third-order valence-corrected chi connectivity index (χ3v) is 5.19. The van der Waals surface area contributed by atoms with Crippen LogP contribution in [0, 0.1) is 12.7 Å². The number of nitrogens with zero attached hydrogens (tertiary/aromatic N) is 3. The van der Waals surface area contributed by atoms with E-state index in [9.17, 15) is 9.18 Å². The third kappa shape index (κ3) is 3.81. The maximum atomic E-state index is 14.6. The molecule has 1 aromatic heterocycles. The summed E-state index contributed by atoms with van der Waals surface area (Å²) in [5.74, 6) is 0.715. The van der Waals surface area contributed by atoms with E-state index in [0.29, 0.717) is 0 Å². The molecule has 2 aromatic carbocycles. The van der Waals surface area contributed by atoms with Crippen molar-refractivity contribution in [3.05, 3.63) is 71.1 Å². The van der Waals surface area contributed by atoms with Crippen LogP contribution in [0.25, 0.3) is 11.1 Å². The summed E-state index contributed by atoms with van der Waals surface area (Å²) in [6.45, 7) is 3.12. The first-order chi connectivity index (χ1) is 13.6. The number of rotatable bonds is 4. The fraction of sp³-hybridized carbons (Fsp3) is 0.318. The Kier molecular flexibility index (Phi) is 5.19. The number of carbonyl (C=O) groups is 1. The number of nitrogens with one attached hydrogen (secondary N) is 1. The van der Waals surface area contributed by atoms with Gasteiger partial charge in [0.1, 0.15) is 11.6 Å². The number of hydrogen-bond donors (Lipinski definition) is 1. The van der Waals surface area contributed by atoms with Crippen LogP contribution in [0.2, 0.25) is 0 Å². The van der Waals surface area contributed by atoms with Crippen molar-refractivity contribution in [1.82, 2.24) is 20.1 Å². The number of aryl methyl sites for hydroxylation is 2. The van der Waals surface area contributed by atoms with Crippen LogP contribution in [0.5, 0.6) is 0 Å². The Bertz CT molecular complexity index is 994. The van der Waals surface area contributed by atoms with Gasteiger partial charge in [0, 0.05) is 13.0 Å². The van der Waals surface area contributed by atoms with Crippen LogP contribution in [0.4, 0.5) is 4.39 Å². The molecular weight excluding hydrogens is 355 g/mol. The SMILES string of the molecule is Cc1ccc(-c2ccc(C(=O)NCc3nnc4n3CCCCC4)c(F)c2)cc1. The molecular formula is C22H23FN4O. The lowest BCUT2D eigenvalue weighted by molar-refractivity contribution is 0.0945. The zero-order valence-corrected chi connectivity index (χ0v) is 15.9. The molecule has 0 saturated carbocycles. The van der Waals surface area contributed by atoms with Crippen LogP contribution in [0.1, 0.15) is 46.8 Å². The Hall–Kier alpha value is -3.02. The minimum atomic E-state index is -0.532. The molecule has 6 heteroatoms. The van der Waals surface area contributed by atoms with Gasteiger partial charge in [0.05, 0.1) is 12.1 Å². The number of amides is 1. The smallest absolute Gasteiger partial charge is 0.254 e. The highest BCUT2D eigenvalue weighted by atomic mass is 19.1. The highest BCUT2D eigenvalue weighted by molar-refractivity contribution is 5.94. The Morgan fingerprint density at radius 3 is 2.64 bits per heavy atom. The Balaban J connectivity index is 1.46. The molecule has 1 aliphatic rings. The molecule has 2 heterocycles. The molecule has 1 aliphatic heterocycles. The molecule has 0 saturated heterocycles. The van der Waals surface area contributed by atoms with Gasteiger partial charge in [0.15, 0.2) is 5.82 Å². The molecule has 0 spiro atoms. The van der Waals surface area contributed by atoms with E-state index in [-0.39, 0.29) is 12.1 Å². The lowest BCUT2D eigenvalue weighted by Gasteiger charge is -2.10. The van der Waals surface area contributed by atoms with E-state index in [1.807, 2.05) is 31.2 Å². The van der Waals surface area contributed by atoms with Crippen molar-refractivity contribution in [2.24, 2.45) is 0 Å². The van der Waals surface area contributed by atoms with Crippen LogP contribution < -0.4 is 5.32 Å². The fourth-order valence-corrected chi connectivity index (χ4v) is 3.56. The van der Waals surface area contributed by atoms with E-state index < -0.39 is 11.7 Å². The molecule has 144 valence electrons. The summed E-state index contributed by atoms with van der Waals surface area (Å²) in [5, 5.41) is 11.2. The molecule has 0 radical (unpaired) electrons. The quantitative estimate of drug-likeness (QED) is 0.745. The van der Waals surface area contributed by atoms with Crippen LogP contribution in [-0.4, -0.2) is 20.7 Å². The van der Waals surface area contributed by atoms with Crippen molar-refractivity contribution in [2.75, 3.05) is 0 Å². The van der Waals surface area contributed by atoms with E-state index in [2.05, 4.69) is 20.1 Å². The van der Waals surface area contributed by atoms with Gasteiger partial charge in [-0.15, -0.1) is 10.2 Å². The number of benzene rings is 2. The van der Waals surface area contributed by atoms with Gasteiger partial charge in [0.25, 0.3) is 5.91 Å². The molecule has 0 atom stereocenters. The molecule has 0 bridgehead atoms. The summed E-state index contributed by atoms with van der Waals surface area (Å²) in [5.41, 5.74) is 2.84. The minimum Gasteiger partial charge on any atom is -0.345 e. The summed E-state index contributed by atoms with van der Waals surface area (Å²) in [6.07, 6.45) is 4.29. The van der Waals surface area contributed by atoms with Crippen LogP contribution in [0.15, 0.2) is 42.5 Å². The maximum Gasteiger partial charge on any atom is 0.254 e. The monoisotopic (exact) mass is 378 g/mol. The molecule has 4 rings (SSSR count). The molecule has 1 N–H and O–H groups in total. The van der Waals surface area contributed by atoms with Gasteiger partial charge in [-0.1, -0.05) is 42.3 Å². The first-order valence-electron chi connectivity index (χ1n) is 9.67. The van der Waals surface area contributed by atoms with Crippen LogP contribution in [0.3, 0.4) is 0 Å². The topological polar surface area (TPSA) is 59.8 Å². The molecule has 0 fully saturated rings. The summed E-state index contributed by atoms with van der Waals surface area (Å²) in [6, 6.07) is 12.6. The second kappa shape index (κ2) is 7.92. The van der Waals surface area contributed by atoms with Gasteiger partial charge < -0.3 is 9.88 Å². The normalized spacial score (nSPS) is 13.6. The summed E-state index contributed by atoms with van der Waals surface area (Å²) in [4.78, 5) is 12.5. The first-order valence-corrected chi connectivity index (χ1v) is 9.67. The Morgan fingerprint density at radius 2 is 1.86 bits per heavy atom. The zero-order chi connectivity index (χ0) is 19.5. The van der Waals surface area contributed by atoms with Crippen molar-refractivity contribution in [2.45, 2.75) is 45.7 Å². The average Bonchev–Trinajstić information content (AvgIpc) is 2.92. The van der Waals surface area contributed by atoms with Crippen molar-refractivity contribution in [3.8, 4) is 11.1 Å². The average molecular weight is 378 g/mol. The highest BCUT2D eigenvalue weighted by Crippen LogP contribution is 2.22. The first kappa shape index (κ1) is 18.3. The van der Waals surface area contributed by atoms with E-state index in [1.165, 1.54) is 18.6 Å². The molecule has 3 aromatic rings. The Morgan fingerprint density at radius 1 is 1.07 bits per heavy atom. The predicted molar refractivity (Wildman–Crippen MR) is 105 cm³/mol. The summed E-state index contributed by atoms with van der Waals surface area (Å²) < 4.78 is 16.6.